The Hall–Kier alpha value is -0.450. The summed E-state index contributed by atoms with van der Waals surface area (Å²) in [5.41, 5.74) is 1.02. The molecule has 0 aliphatic carbocycles. The first-order valence-corrected chi connectivity index (χ1v) is 8.06. The van der Waals surface area contributed by atoms with E-state index in [1.807, 2.05) is 6.07 Å². The fraction of sp³-hybridized carbons (Fsp3) is 0.625. The van der Waals surface area contributed by atoms with Gasteiger partial charge in [-0.15, -0.1) is 0 Å². The molecule has 0 bridgehead atoms. The lowest BCUT2D eigenvalue weighted by atomic mass is 10.00. The van der Waals surface area contributed by atoms with Crippen molar-refractivity contribution in [2.75, 3.05) is 13.7 Å². The quantitative estimate of drug-likeness (QED) is 0.719. The van der Waals surface area contributed by atoms with Gasteiger partial charge in [-0.25, -0.2) is 4.39 Å². The third-order valence-electron chi connectivity index (χ3n) is 3.50. The van der Waals surface area contributed by atoms with Gasteiger partial charge in [0.05, 0.1) is 10.6 Å². The molecule has 1 aromatic rings. The maximum absolute atomic E-state index is 13.6. The van der Waals surface area contributed by atoms with Gasteiger partial charge in [-0.05, 0) is 66.7 Å². The molecule has 2 nitrogen and oxygen atoms in total. The van der Waals surface area contributed by atoms with Gasteiger partial charge in [0.1, 0.15) is 5.82 Å². The second-order valence-corrected chi connectivity index (χ2v) is 5.98. The molecular weight excluding hydrogens is 321 g/mol. The Labute approximate surface area is 130 Å². The first-order chi connectivity index (χ1) is 9.58. The first kappa shape index (κ1) is 17.6. The van der Waals surface area contributed by atoms with Crippen LogP contribution in [0.4, 0.5) is 4.39 Å². The Kier molecular flexibility index (Phi) is 8.34. The zero-order valence-corrected chi connectivity index (χ0v) is 14.2. The third-order valence-corrected chi connectivity index (χ3v) is 4.39. The average Bonchev–Trinajstić information content (AvgIpc) is 2.45. The SMILES string of the molecule is CCCNC(CCC(C)OC)Cc1cccc(F)c1Br. The minimum absolute atomic E-state index is 0.193. The number of benzene rings is 1. The van der Waals surface area contributed by atoms with E-state index in [4.69, 9.17) is 4.74 Å². The van der Waals surface area contributed by atoms with Crippen LogP contribution in [0.5, 0.6) is 0 Å². The van der Waals surface area contributed by atoms with Gasteiger partial charge >= 0.3 is 0 Å². The van der Waals surface area contributed by atoms with Gasteiger partial charge in [0.25, 0.3) is 0 Å². The predicted octanol–water partition coefficient (Wildman–Crippen LogP) is 4.31. The van der Waals surface area contributed by atoms with Crippen molar-refractivity contribution in [2.24, 2.45) is 0 Å². The first-order valence-electron chi connectivity index (χ1n) is 7.27. The average molecular weight is 346 g/mol. The van der Waals surface area contributed by atoms with Gasteiger partial charge in [0.2, 0.25) is 0 Å². The molecule has 0 spiro atoms. The number of nitrogens with one attached hydrogen (secondary N) is 1. The smallest absolute Gasteiger partial charge is 0.137 e. The van der Waals surface area contributed by atoms with Crippen molar-refractivity contribution in [2.45, 2.75) is 51.7 Å². The Morgan fingerprint density at radius 3 is 2.75 bits per heavy atom. The van der Waals surface area contributed by atoms with E-state index in [1.54, 1.807) is 13.2 Å². The molecule has 1 N–H and O–H groups in total. The molecule has 20 heavy (non-hydrogen) atoms. The number of methoxy groups -OCH3 is 1. The highest BCUT2D eigenvalue weighted by Crippen LogP contribution is 2.22. The van der Waals surface area contributed by atoms with Crippen LogP contribution in [0.3, 0.4) is 0 Å². The molecule has 2 atom stereocenters. The van der Waals surface area contributed by atoms with Gasteiger partial charge in [0, 0.05) is 13.2 Å². The van der Waals surface area contributed by atoms with Crippen molar-refractivity contribution in [3.63, 3.8) is 0 Å². The second-order valence-electron chi connectivity index (χ2n) is 5.19. The fourth-order valence-corrected chi connectivity index (χ4v) is 2.58. The number of rotatable bonds is 9. The Bertz CT molecular complexity index is 400. The van der Waals surface area contributed by atoms with Gasteiger partial charge in [-0.3, -0.25) is 0 Å². The molecule has 4 heteroatoms. The highest BCUT2D eigenvalue weighted by molar-refractivity contribution is 9.10. The highest BCUT2D eigenvalue weighted by atomic mass is 79.9. The number of ether oxygens (including phenoxy) is 1. The maximum Gasteiger partial charge on any atom is 0.137 e. The molecule has 0 aliphatic rings. The van der Waals surface area contributed by atoms with Crippen LogP contribution in [0.15, 0.2) is 22.7 Å². The largest absolute Gasteiger partial charge is 0.382 e. The lowest BCUT2D eigenvalue weighted by Crippen LogP contribution is -2.32. The van der Waals surface area contributed by atoms with E-state index in [2.05, 4.69) is 35.1 Å². The van der Waals surface area contributed by atoms with E-state index >= 15 is 0 Å². The number of halogens is 2. The molecular formula is C16H25BrFNO. The van der Waals surface area contributed by atoms with Crippen molar-refractivity contribution in [3.8, 4) is 0 Å². The van der Waals surface area contributed by atoms with Crippen LogP contribution >= 0.6 is 15.9 Å². The van der Waals surface area contributed by atoms with Crippen molar-refractivity contribution in [3.05, 3.63) is 34.1 Å². The molecule has 0 aromatic heterocycles. The van der Waals surface area contributed by atoms with E-state index < -0.39 is 0 Å². The summed E-state index contributed by atoms with van der Waals surface area (Å²) in [7, 11) is 1.74. The van der Waals surface area contributed by atoms with Gasteiger partial charge < -0.3 is 10.1 Å². The van der Waals surface area contributed by atoms with Crippen LogP contribution in [0.2, 0.25) is 0 Å². The third kappa shape index (κ3) is 5.90. The van der Waals surface area contributed by atoms with E-state index in [9.17, 15) is 4.39 Å². The Balaban J connectivity index is 2.65. The summed E-state index contributed by atoms with van der Waals surface area (Å²) in [6, 6.07) is 5.58. The molecule has 0 fully saturated rings. The van der Waals surface area contributed by atoms with E-state index in [0.29, 0.717) is 10.5 Å². The highest BCUT2D eigenvalue weighted by Gasteiger charge is 2.14. The molecule has 0 saturated heterocycles. The minimum Gasteiger partial charge on any atom is -0.382 e. The monoisotopic (exact) mass is 345 g/mol. The summed E-state index contributed by atoms with van der Waals surface area (Å²) in [4.78, 5) is 0. The summed E-state index contributed by atoms with van der Waals surface area (Å²) in [6.07, 6.45) is 4.22. The zero-order chi connectivity index (χ0) is 15.0. The topological polar surface area (TPSA) is 21.3 Å². The molecule has 0 saturated carbocycles. The fourth-order valence-electron chi connectivity index (χ4n) is 2.15. The molecule has 0 aliphatic heterocycles. The van der Waals surface area contributed by atoms with Crippen LogP contribution in [-0.2, 0) is 11.2 Å². The summed E-state index contributed by atoms with van der Waals surface area (Å²) in [6.45, 7) is 5.22. The van der Waals surface area contributed by atoms with Crippen LogP contribution in [0.1, 0.15) is 38.7 Å². The normalized spacial score (nSPS) is 14.2. The zero-order valence-electron chi connectivity index (χ0n) is 12.6. The van der Waals surface area contributed by atoms with Gasteiger partial charge in [-0.1, -0.05) is 19.1 Å². The second kappa shape index (κ2) is 9.48. The summed E-state index contributed by atoms with van der Waals surface area (Å²) in [5.74, 6) is -0.193. The standard InChI is InChI=1S/C16H25BrFNO/c1-4-10-19-14(9-8-12(2)20-3)11-13-6-5-7-15(18)16(13)17/h5-7,12,14,19H,4,8-11H2,1-3H3. The summed E-state index contributed by atoms with van der Waals surface area (Å²) >= 11 is 3.34. The maximum atomic E-state index is 13.6. The minimum atomic E-state index is -0.193. The molecule has 0 heterocycles. The molecule has 1 rings (SSSR count). The number of hydrogen-bond acceptors (Lipinski definition) is 2. The van der Waals surface area contributed by atoms with Crippen molar-refractivity contribution in [1.82, 2.24) is 5.32 Å². The van der Waals surface area contributed by atoms with E-state index in [0.717, 1.165) is 37.8 Å². The molecule has 114 valence electrons. The van der Waals surface area contributed by atoms with Crippen LogP contribution in [0, 0.1) is 5.82 Å². The van der Waals surface area contributed by atoms with Crippen LogP contribution in [-0.4, -0.2) is 25.8 Å². The van der Waals surface area contributed by atoms with Gasteiger partial charge in [-0.2, -0.15) is 0 Å². The van der Waals surface area contributed by atoms with E-state index in [-0.39, 0.29) is 11.9 Å². The van der Waals surface area contributed by atoms with Crippen LogP contribution < -0.4 is 5.32 Å². The summed E-state index contributed by atoms with van der Waals surface area (Å²) in [5, 5.41) is 3.55. The summed E-state index contributed by atoms with van der Waals surface area (Å²) < 4.78 is 19.5. The molecule has 0 amide bonds. The lowest BCUT2D eigenvalue weighted by molar-refractivity contribution is 0.106. The Morgan fingerprint density at radius 1 is 1.35 bits per heavy atom. The molecule has 2 unspecified atom stereocenters. The molecule has 0 radical (unpaired) electrons. The van der Waals surface area contributed by atoms with Crippen LogP contribution in [0.25, 0.3) is 0 Å². The molecule has 1 aromatic carbocycles. The number of hydrogen-bond donors (Lipinski definition) is 1. The van der Waals surface area contributed by atoms with Crippen molar-refractivity contribution in [1.29, 1.82) is 0 Å². The van der Waals surface area contributed by atoms with Crippen molar-refractivity contribution < 1.29 is 9.13 Å². The van der Waals surface area contributed by atoms with E-state index in [1.165, 1.54) is 6.07 Å². The van der Waals surface area contributed by atoms with Gasteiger partial charge in [0.15, 0.2) is 0 Å². The Morgan fingerprint density at radius 2 is 2.10 bits per heavy atom. The van der Waals surface area contributed by atoms with Crippen molar-refractivity contribution >= 4 is 15.9 Å². The lowest BCUT2D eigenvalue weighted by Gasteiger charge is -2.21. The predicted molar refractivity (Wildman–Crippen MR) is 85.6 cm³/mol.